The highest BCUT2D eigenvalue weighted by Gasteiger charge is 2.31. The van der Waals surface area contributed by atoms with Crippen molar-refractivity contribution in [3.05, 3.63) is 48.8 Å². The van der Waals surface area contributed by atoms with Crippen LogP contribution in [0.15, 0.2) is 27.1 Å². The Morgan fingerprint density at radius 3 is 2.63 bits per heavy atom. The van der Waals surface area contributed by atoms with Crippen LogP contribution in [0.3, 0.4) is 0 Å². The Morgan fingerprint density at radius 2 is 1.97 bits per heavy atom. The van der Waals surface area contributed by atoms with Crippen molar-refractivity contribution in [2.75, 3.05) is 25.4 Å². The van der Waals surface area contributed by atoms with Crippen molar-refractivity contribution in [2.45, 2.75) is 12.8 Å². The van der Waals surface area contributed by atoms with Gasteiger partial charge >= 0.3 is 11.7 Å². The number of carbonyl (C=O) groups is 3. The number of hydrogen-bond acceptors (Lipinski definition) is 8. The Bertz CT molecular complexity index is 1100. The summed E-state index contributed by atoms with van der Waals surface area (Å²) in [5, 5.41) is 1.81. The number of amides is 1. The molecular formula is C19H22N4O6S. The zero-order chi connectivity index (χ0) is 22.0. The minimum absolute atomic E-state index is 0.139. The van der Waals surface area contributed by atoms with Crippen LogP contribution in [0.2, 0.25) is 0 Å². The molecule has 0 radical (unpaired) electrons. The molecular weight excluding hydrogens is 412 g/mol. The number of carbonyl (C=O) groups excluding carboxylic acids is 3. The lowest BCUT2D eigenvalue weighted by Gasteiger charge is -2.31. The first-order valence-electron chi connectivity index (χ1n) is 9.30. The highest BCUT2D eigenvalue weighted by atomic mass is 32.1. The van der Waals surface area contributed by atoms with Crippen LogP contribution < -0.4 is 17.0 Å². The Balaban J connectivity index is 1.66. The summed E-state index contributed by atoms with van der Waals surface area (Å²) >= 11 is 1.33. The van der Waals surface area contributed by atoms with Gasteiger partial charge in [-0.1, -0.05) is 6.07 Å². The molecule has 10 nitrogen and oxygen atoms in total. The third kappa shape index (κ3) is 4.06. The van der Waals surface area contributed by atoms with E-state index in [2.05, 4.69) is 0 Å². The summed E-state index contributed by atoms with van der Waals surface area (Å²) in [7, 11) is 2.56. The van der Waals surface area contributed by atoms with Crippen LogP contribution in [0, 0.1) is 5.92 Å². The summed E-state index contributed by atoms with van der Waals surface area (Å²) in [6.45, 7) is 0.0728. The molecule has 1 fully saturated rings. The molecule has 1 aliphatic heterocycles. The summed E-state index contributed by atoms with van der Waals surface area (Å²) in [6.07, 6.45) is 1.17. The number of piperidine rings is 1. The fourth-order valence-corrected chi connectivity index (χ4v) is 4.05. The summed E-state index contributed by atoms with van der Waals surface area (Å²) in [4.78, 5) is 63.7. The molecule has 30 heavy (non-hydrogen) atoms. The smallest absolute Gasteiger partial charge is 0.332 e. The number of anilines is 1. The fourth-order valence-electron chi connectivity index (χ4n) is 3.36. The second-order valence-electron chi connectivity index (χ2n) is 7.06. The predicted octanol–water partition coefficient (Wildman–Crippen LogP) is 0.00600. The van der Waals surface area contributed by atoms with Crippen LogP contribution >= 0.6 is 11.3 Å². The number of ketones is 1. The molecule has 2 aromatic rings. The number of aromatic nitrogens is 2. The Morgan fingerprint density at radius 1 is 1.23 bits per heavy atom. The summed E-state index contributed by atoms with van der Waals surface area (Å²) < 4.78 is 6.86. The third-order valence-corrected chi connectivity index (χ3v) is 5.97. The van der Waals surface area contributed by atoms with Gasteiger partial charge in [0.05, 0.1) is 10.8 Å². The van der Waals surface area contributed by atoms with E-state index in [-0.39, 0.29) is 18.3 Å². The Hall–Kier alpha value is -3.21. The van der Waals surface area contributed by atoms with E-state index in [0.29, 0.717) is 24.3 Å². The zero-order valence-corrected chi connectivity index (χ0v) is 17.4. The topological polar surface area (TPSA) is 134 Å². The quantitative estimate of drug-likeness (QED) is 0.517. The van der Waals surface area contributed by atoms with E-state index in [0.717, 1.165) is 9.13 Å². The number of Topliss-reactive ketones (excluding diaryl/α,β-unsaturated/α-hetero) is 1. The second-order valence-corrected chi connectivity index (χ2v) is 8.01. The molecule has 3 heterocycles. The summed E-state index contributed by atoms with van der Waals surface area (Å²) in [6, 6.07) is 3.51. The van der Waals surface area contributed by atoms with Gasteiger partial charge < -0.3 is 15.4 Å². The van der Waals surface area contributed by atoms with Crippen molar-refractivity contribution >= 4 is 34.8 Å². The van der Waals surface area contributed by atoms with Gasteiger partial charge in [0.15, 0.2) is 6.61 Å². The molecule has 0 saturated carbocycles. The number of thiophene rings is 1. The van der Waals surface area contributed by atoms with Gasteiger partial charge in [0.1, 0.15) is 11.4 Å². The summed E-state index contributed by atoms with van der Waals surface area (Å²) in [5.74, 6) is -2.39. The number of nitrogen functional groups attached to an aromatic ring is 1. The molecule has 1 amide bonds. The maximum absolute atomic E-state index is 12.5. The largest absolute Gasteiger partial charge is 0.457 e. The summed E-state index contributed by atoms with van der Waals surface area (Å²) in [5.41, 5.74) is 3.84. The van der Waals surface area contributed by atoms with E-state index in [1.807, 2.05) is 5.38 Å². The monoisotopic (exact) mass is 434 g/mol. The lowest BCUT2D eigenvalue weighted by Crippen LogP contribution is -2.43. The normalized spacial score (nSPS) is 16.3. The molecule has 3 rings (SSSR count). The molecule has 0 aliphatic carbocycles. The lowest BCUT2D eigenvalue weighted by atomic mass is 9.98. The maximum atomic E-state index is 12.5. The van der Waals surface area contributed by atoms with Gasteiger partial charge in [-0.3, -0.25) is 28.3 Å². The van der Waals surface area contributed by atoms with Crippen LogP contribution in [0.25, 0.3) is 0 Å². The van der Waals surface area contributed by atoms with E-state index < -0.39 is 41.1 Å². The van der Waals surface area contributed by atoms with E-state index >= 15 is 0 Å². The molecule has 0 bridgehead atoms. The number of nitrogens with zero attached hydrogens (tertiary/aromatic N) is 3. The molecule has 1 unspecified atom stereocenters. The van der Waals surface area contributed by atoms with E-state index in [1.165, 1.54) is 25.4 Å². The number of esters is 1. The van der Waals surface area contributed by atoms with Crippen LogP contribution in [-0.2, 0) is 23.6 Å². The minimum atomic E-state index is -0.845. The third-order valence-electron chi connectivity index (χ3n) is 5.11. The van der Waals surface area contributed by atoms with Gasteiger partial charge in [-0.25, -0.2) is 4.79 Å². The number of likely N-dealkylation sites (tertiary alicyclic amines) is 1. The van der Waals surface area contributed by atoms with Crippen molar-refractivity contribution in [3.8, 4) is 0 Å². The van der Waals surface area contributed by atoms with Gasteiger partial charge in [0, 0.05) is 27.2 Å². The number of nitrogens with two attached hydrogens (primary N) is 1. The Labute approximate surface area is 175 Å². The zero-order valence-electron chi connectivity index (χ0n) is 16.6. The first kappa shape index (κ1) is 21.5. The average molecular weight is 434 g/mol. The second kappa shape index (κ2) is 8.66. The van der Waals surface area contributed by atoms with Crippen molar-refractivity contribution in [2.24, 2.45) is 20.0 Å². The van der Waals surface area contributed by atoms with Crippen LogP contribution in [0.4, 0.5) is 5.82 Å². The van der Waals surface area contributed by atoms with Gasteiger partial charge in [0.2, 0.25) is 5.78 Å². The highest BCUT2D eigenvalue weighted by Crippen LogP contribution is 2.21. The number of rotatable bonds is 5. The lowest BCUT2D eigenvalue weighted by molar-refractivity contribution is -0.148. The van der Waals surface area contributed by atoms with Crippen LogP contribution in [0.5, 0.6) is 0 Å². The van der Waals surface area contributed by atoms with Crippen molar-refractivity contribution in [1.29, 1.82) is 0 Å². The highest BCUT2D eigenvalue weighted by molar-refractivity contribution is 7.12. The van der Waals surface area contributed by atoms with Gasteiger partial charge in [0.25, 0.3) is 11.5 Å². The van der Waals surface area contributed by atoms with Crippen molar-refractivity contribution in [3.63, 3.8) is 0 Å². The number of ether oxygens (including phenoxy) is 1. The van der Waals surface area contributed by atoms with Gasteiger partial charge in [-0.15, -0.1) is 11.3 Å². The maximum Gasteiger partial charge on any atom is 0.332 e. The van der Waals surface area contributed by atoms with Crippen LogP contribution in [-0.4, -0.2) is 51.4 Å². The molecule has 1 atom stereocenters. The van der Waals surface area contributed by atoms with E-state index in [9.17, 15) is 24.0 Å². The first-order valence-corrected chi connectivity index (χ1v) is 10.2. The average Bonchev–Trinajstić information content (AvgIpc) is 3.29. The minimum Gasteiger partial charge on any atom is -0.457 e. The first-order chi connectivity index (χ1) is 14.2. The van der Waals surface area contributed by atoms with E-state index in [4.69, 9.17) is 10.5 Å². The Kier molecular flexibility index (Phi) is 6.20. The van der Waals surface area contributed by atoms with Crippen LogP contribution in [0.1, 0.15) is 32.9 Å². The van der Waals surface area contributed by atoms with Crippen molar-refractivity contribution in [1.82, 2.24) is 14.0 Å². The van der Waals surface area contributed by atoms with E-state index in [1.54, 1.807) is 17.0 Å². The predicted molar refractivity (Wildman–Crippen MR) is 110 cm³/mol. The molecule has 0 spiro atoms. The molecule has 0 aromatic carbocycles. The SMILES string of the molecule is Cn1c(N)c(C(=O)COC(=O)C2CCCN(C(=O)c3cccs3)C2)c(=O)n(C)c1=O. The molecule has 11 heteroatoms. The fraction of sp³-hybridized carbons (Fsp3) is 0.421. The molecule has 1 saturated heterocycles. The molecule has 2 aromatic heterocycles. The van der Waals surface area contributed by atoms with Gasteiger partial charge in [-0.05, 0) is 24.3 Å². The number of hydrogen-bond donors (Lipinski definition) is 1. The molecule has 2 N–H and O–H groups in total. The standard InChI is InChI=1S/C19H22N4O6S/c1-21-15(20)14(17(26)22(2)19(21)28)12(24)10-29-18(27)11-5-3-7-23(9-11)16(25)13-6-4-8-30-13/h4,6,8,11H,3,5,7,9-10,20H2,1-2H3. The van der Waals surface area contributed by atoms with Crippen molar-refractivity contribution < 1.29 is 19.1 Å². The molecule has 160 valence electrons. The molecule has 1 aliphatic rings. The van der Waals surface area contributed by atoms with Gasteiger partial charge in [-0.2, -0.15) is 0 Å².